The fourth-order valence-corrected chi connectivity index (χ4v) is 1.53. The highest BCUT2D eigenvalue weighted by molar-refractivity contribution is 6.11. The Kier molecular flexibility index (Phi) is 3.33. The number of nitrogens with zero attached hydrogens (tertiary/aromatic N) is 1. The average molecular weight is 241 g/mol. The number of hydrogen-bond donors (Lipinski definition) is 2. The predicted molar refractivity (Wildman–Crippen MR) is 67.2 cm³/mol. The van der Waals surface area contributed by atoms with Crippen LogP contribution in [0.5, 0.6) is 0 Å². The summed E-state index contributed by atoms with van der Waals surface area (Å²) < 4.78 is 0. The van der Waals surface area contributed by atoms with E-state index in [0.717, 1.165) is 0 Å². The molecule has 2 rings (SSSR count). The number of amides is 2. The topological polar surface area (TPSA) is 85.1 Å². The molecule has 90 valence electrons. The van der Waals surface area contributed by atoms with Crippen molar-refractivity contribution in [2.75, 3.05) is 5.32 Å². The molecule has 3 N–H and O–H groups in total. The quantitative estimate of drug-likeness (QED) is 0.852. The molecule has 0 radical (unpaired) electrons. The van der Waals surface area contributed by atoms with Gasteiger partial charge in [0, 0.05) is 6.20 Å². The van der Waals surface area contributed by atoms with Crippen molar-refractivity contribution in [3.63, 3.8) is 0 Å². The van der Waals surface area contributed by atoms with Crippen molar-refractivity contribution < 1.29 is 9.59 Å². The van der Waals surface area contributed by atoms with Gasteiger partial charge in [-0.1, -0.05) is 12.1 Å². The van der Waals surface area contributed by atoms with Gasteiger partial charge in [0.1, 0.15) is 0 Å². The van der Waals surface area contributed by atoms with Crippen molar-refractivity contribution in [2.24, 2.45) is 5.73 Å². The lowest BCUT2D eigenvalue weighted by atomic mass is 10.1. The van der Waals surface area contributed by atoms with E-state index in [9.17, 15) is 9.59 Å². The fraction of sp³-hybridized carbons (Fsp3) is 0. The molecule has 5 heteroatoms. The number of pyridine rings is 1. The molecule has 0 unspecified atom stereocenters. The van der Waals surface area contributed by atoms with Gasteiger partial charge in [0.25, 0.3) is 5.91 Å². The number of anilines is 1. The van der Waals surface area contributed by atoms with Crippen LogP contribution in [0.2, 0.25) is 0 Å². The third-order valence-corrected chi connectivity index (χ3v) is 2.36. The molecule has 5 nitrogen and oxygen atoms in total. The molecule has 1 aromatic carbocycles. The summed E-state index contributed by atoms with van der Waals surface area (Å²) in [7, 11) is 0. The third-order valence-electron chi connectivity index (χ3n) is 2.36. The first-order valence-electron chi connectivity index (χ1n) is 5.28. The Morgan fingerprint density at radius 3 is 2.39 bits per heavy atom. The van der Waals surface area contributed by atoms with Crippen LogP contribution in [0.4, 0.5) is 5.69 Å². The number of carbonyl (C=O) groups is 2. The maximum atomic E-state index is 12.0. The Morgan fingerprint density at radius 2 is 1.78 bits per heavy atom. The molecule has 1 aromatic heterocycles. The summed E-state index contributed by atoms with van der Waals surface area (Å²) in [5.41, 5.74) is 6.21. The van der Waals surface area contributed by atoms with Gasteiger partial charge >= 0.3 is 0 Å². The van der Waals surface area contributed by atoms with E-state index in [1.165, 1.54) is 12.3 Å². The summed E-state index contributed by atoms with van der Waals surface area (Å²) >= 11 is 0. The molecular weight excluding hydrogens is 230 g/mol. The van der Waals surface area contributed by atoms with Gasteiger partial charge in [0.2, 0.25) is 5.91 Å². The Balaban J connectivity index is 2.27. The smallest absolute Gasteiger partial charge is 0.256 e. The summed E-state index contributed by atoms with van der Waals surface area (Å²) in [6.45, 7) is 0. The average Bonchev–Trinajstić information content (AvgIpc) is 2.40. The monoisotopic (exact) mass is 241 g/mol. The van der Waals surface area contributed by atoms with E-state index in [-0.39, 0.29) is 11.1 Å². The Labute approximate surface area is 104 Å². The summed E-state index contributed by atoms with van der Waals surface area (Å²) in [4.78, 5) is 27.1. The van der Waals surface area contributed by atoms with Crippen molar-refractivity contribution in [2.45, 2.75) is 0 Å². The van der Waals surface area contributed by atoms with Crippen LogP contribution in [0, 0.1) is 0 Å². The second kappa shape index (κ2) is 5.09. The molecular formula is C13H11N3O2. The zero-order valence-corrected chi connectivity index (χ0v) is 9.46. The molecule has 0 atom stereocenters. The molecule has 0 aliphatic carbocycles. The van der Waals surface area contributed by atoms with Crippen LogP contribution in [0.1, 0.15) is 20.7 Å². The Bertz CT molecular complexity index is 582. The third kappa shape index (κ3) is 2.52. The molecule has 0 fully saturated rings. The van der Waals surface area contributed by atoms with E-state index in [4.69, 9.17) is 5.73 Å². The van der Waals surface area contributed by atoms with Gasteiger partial charge in [-0.15, -0.1) is 0 Å². The van der Waals surface area contributed by atoms with Crippen molar-refractivity contribution in [1.29, 1.82) is 0 Å². The largest absolute Gasteiger partial charge is 0.366 e. The number of benzene rings is 1. The van der Waals surface area contributed by atoms with Gasteiger partial charge in [0.05, 0.1) is 23.0 Å². The molecule has 2 aromatic rings. The normalized spacial score (nSPS) is 9.78. The van der Waals surface area contributed by atoms with Crippen LogP contribution in [0.15, 0.2) is 48.8 Å². The van der Waals surface area contributed by atoms with Crippen LogP contribution in [-0.2, 0) is 0 Å². The highest BCUT2D eigenvalue weighted by Gasteiger charge is 2.14. The van der Waals surface area contributed by atoms with Gasteiger partial charge in [-0.25, -0.2) is 0 Å². The maximum absolute atomic E-state index is 12.0. The summed E-state index contributed by atoms with van der Waals surface area (Å²) in [5, 5.41) is 2.64. The van der Waals surface area contributed by atoms with Crippen molar-refractivity contribution in [3.8, 4) is 0 Å². The minimum Gasteiger partial charge on any atom is -0.366 e. The zero-order chi connectivity index (χ0) is 13.0. The SMILES string of the molecule is NC(=O)c1ccccc1C(=O)Nc1cccnc1. The number of rotatable bonds is 3. The second-order valence-corrected chi connectivity index (χ2v) is 3.61. The lowest BCUT2D eigenvalue weighted by Gasteiger charge is -2.07. The Hall–Kier alpha value is -2.69. The van der Waals surface area contributed by atoms with E-state index in [2.05, 4.69) is 10.3 Å². The first kappa shape index (κ1) is 11.8. The lowest BCUT2D eigenvalue weighted by molar-refractivity contribution is 0.0977. The van der Waals surface area contributed by atoms with Gasteiger partial charge in [-0.3, -0.25) is 14.6 Å². The fourth-order valence-electron chi connectivity index (χ4n) is 1.53. The van der Waals surface area contributed by atoms with E-state index < -0.39 is 11.8 Å². The highest BCUT2D eigenvalue weighted by atomic mass is 16.2. The molecule has 0 saturated heterocycles. The minimum atomic E-state index is -0.632. The lowest BCUT2D eigenvalue weighted by Crippen LogP contribution is -2.20. The minimum absolute atomic E-state index is 0.193. The summed E-state index contributed by atoms with van der Waals surface area (Å²) in [6, 6.07) is 9.80. The number of primary amides is 1. The van der Waals surface area contributed by atoms with E-state index in [0.29, 0.717) is 5.69 Å². The van der Waals surface area contributed by atoms with E-state index in [1.807, 2.05) is 0 Å². The summed E-state index contributed by atoms with van der Waals surface area (Å²) in [6.07, 6.45) is 3.12. The number of nitrogens with one attached hydrogen (secondary N) is 1. The van der Waals surface area contributed by atoms with Gasteiger partial charge in [-0.2, -0.15) is 0 Å². The molecule has 0 bridgehead atoms. The molecule has 0 aliphatic rings. The first-order chi connectivity index (χ1) is 8.68. The number of hydrogen-bond acceptors (Lipinski definition) is 3. The Morgan fingerprint density at radius 1 is 1.06 bits per heavy atom. The molecule has 0 aliphatic heterocycles. The maximum Gasteiger partial charge on any atom is 0.256 e. The van der Waals surface area contributed by atoms with E-state index >= 15 is 0 Å². The van der Waals surface area contributed by atoms with Gasteiger partial charge < -0.3 is 11.1 Å². The van der Waals surface area contributed by atoms with Crippen LogP contribution >= 0.6 is 0 Å². The molecule has 2 amide bonds. The molecule has 18 heavy (non-hydrogen) atoms. The van der Waals surface area contributed by atoms with Crippen LogP contribution in [-0.4, -0.2) is 16.8 Å². The molecule has 1 heterocycles. The first-order valence-corrected chi connectivity index (χ1v) is 5.28. The van der Waals surface area contributed by atoms with Crippen LogP contribution in [0.25, 0.3) is 0 Å². The predicted octanol–water partition coefficient (Wildman–Crippen LogP) is 1.43. The van der Waals surface area contributed by atoms with Gasteiger partial charge in [0.15, 0.2) is 0 Å². The van der Waals surface area contributed by atoms with Crippen molar-refractivity contribution >= 4 is 17.5 Å². The molecule has 0 spiro atoms. The van der Waals surface area contributed by atoms with Gasteiger partial charge in [-0.05, 0) is 24.3 Å². The number of nitrogens with two attached hydrogens (primary N) is 1. The van der Waals surface area contributed by atoms with Crippen LogP contribution in [0.3, 0.4) is 0 Å². The van der Waals surface area contributed by atoms with Crippen molar-refractivity contribution in [1.82, 2.24) is 4.98 Å². The highest BCUT2D eigenvalue weighted by Crippen LogP contribution is 2.11. The molecule has 0 saturated carbocycles. The number of aromatic nitrogens is 1. The second-order valence-electron chi connectivity index (χ2n) is 3.61. The zero-order valence-electron chi connectivity index (χ0n) is 9.46. The summed E-state index contributed by atoms with van der Waals surface area (Å²) in [5.74, 6) is -1.02. The number of carbonyl (C=O) groups excluding carboxylic acids is 2. The van der Waals surface area contributed by atoms with E-state index in [1.54, 1.807) is 36.5 Å². The standard InChI is InChI=1S/C13H11N3O2/c14-12(17)10-5-1-2-6-11(10)13(18)16-9-4-3-7-15-8-9/h1-8H,(H2,14,17)(H,16,18). The van der Waals surface area contributed by atoms with Crippen molar-refractivity contribution in [3.05, 3.63) is 59.9 Å². The van der Waals surface area contributed by atoms with Crippen LogP contribution < -0.4 is 11.1 Å².